The molecule has 0 fully saturated rings. The van der Waals surface area contributed by atoms with E-state index in [1.165, 1.54) is 18.5 Å². The van der Waals surface area contributed by atoms with Gasteiger partial charge < -0.3 is 4.84 Å². The molecule has 0 aliphatic carbocycles. The number of carbonyl (C=O) groups excluding carboxylic acids is 3. The van der Waals surface area contributed by atoms with Crippen LogP contribution in [0, 0.1) is 5.92 Å². The fourth-order valence-electron chi connectivity index (χ4n) is 2.85. The summed E-state index contributed by atoms with van der Waals surface area (Å²) in [4.78, 5) is 45.8. The fourth-order valence-corrected chi connectivity index (χ4v) is 2.85. The van der Waals surface area contributed by atoms with Crippen molar-refractivity contribution in [2.24, 2.45) is 5.92 Å². The number of nitrogens with zero attached hydrogens (tertiary/aromatic N) is 4. The Morgan fingerprint density at radius 2 is 1.87 bits per heavy atom. The molecule has 0 saturated carbocycles. The van der Waals surface area contributed by atoms with Crippen LogP contribution in [-0.4, -0.2) is 37.6 Å². The molecule has 1 atom stereocenters. The minimum Gasteiger partial charge on any atom is -0.329 e. The molecule has 0 spiro atoms. The number of benzene rings is 1. The van der Waals surface area contributed by atoms with Gasteiger partial charge in [-0.05, 0) is 18.6 Å². The maximum absolute atomic E-state index is 12.3. The Morgan fingerprint density at radius 3 is 2.57 bits per heavy atom. The highest BCUT2D eigenvalue weighted by atomic mass is 16.7. The van der Waals surface area contributed by atoms with Gasteiger partial charge in [-0.3, -0.25) is 14.3 Å². The van der Waals surface area contributed by atoms with E-state index in [2.05, 4.69) is 10.1 Å². The topological polar surface area (TPSA) is 94.4 Å². The lowest BCUT2D eigenvalue weighted by atomic mass is 9.98. The number of aryl methyl sites for hydroxylation is 1. The molecule has 2 aliphatic heterocycles. The van der Waals surface area contributed by atoms with Gasteiger partial charge in [0.25, 0.3) is 11.8 Å². The molecule has 0 saturated heterocycles. The highest BCUT2D eigenvalue weighted by molar-refractivity contribution is 6.20. The summed E-state index contributed by atoms with van der Waals surface area (Å²) in [6.07, 6.45) is 2.34. The molecule has 0 radical (unpaired) electrons. The summed E-state index contributed by atoms with van der Waals surface area (Å²) in [5, 5.41) is 4.59. The summed E-state index contributed by atoms with van der Waals surface area (Å²) in [6.45, 7) is 0.553. The predicted molar refractivity (Wildman–Crippen MR) is 74.9 cm³/mol. The summed E-state index contributed by atoms with van der Waals surface area (Å²) in [6, 6.07) is 6.38. The standard InChI is InChI=1S/C15H12N4O4/c20-13-10-3-1-2-4-11(10)14(21)19(13)23-15(22)9-5-6-18-12(7-9)16-8-17-18/h1-4,8-9H,5-7H2. The number of fused-ring (bicyclic) bond motifs is 2. The second kappa shape index (κ2) is 5.01. The average molecular weight is 312 g/mol. The first-order chi connectivity index (χ1) is 11.1. The van der Waals surface area contributed by atoms with Gasteiger partial charge in [-0.2, -0.15) is 5.10 Å². The third-order valence-electron chi connectivity index (χ3n) is 4.09. The van der Waals surface area contributed by atoms with E-state index < -0.39 is 23.7 Å². The van der Waals surface area contributed by atoms with Gasteiger partial charge in [-0.1, -0.05) is 17.2 Å². The van der Waals surface area contributed by atoms with E-state index in [9.17, 15) is 14.4 Å². The van der Waals surface area contributed by atoms with Crippen LogP contribution in [0.15, 0.2) is 30.6 Å². The molecule has 2 aromatic rings. The molecule has 23 heavy (non-hydrogen) atoms. The maximum Gasteiger partial charge on any atom is 0.336 e. The molecule has 1 aromatic carbocycles. The van der Waals surface area contributed by atoms with Gasteiger partial charge in [0.1, 0.15) is 12.2 Å². The van der Waals surface area contributed by atoms with Gasteiger partial charge in [0.2, 0.25) is 0 Å². The van der Waals surface area contributed by atoms with Gasteiger partial charge in [0.15, 0.2) is 0 Å². The van der Waals surface area contributed by atoms with Crippen molar-refractivity contribution in [1.82, 2.24) is 19.8 Å². The van der Waals surface area contributed by atoms with Crippen LogP contribution in [0.1, 0.15) is 33.0 Å². The highest BCUT2D eigenvalue weighted by Crippen LogP contribution is 2.25. The number of aromatic nitrogens is 3. The molecule has 1 aromatic heterocycles. The minimum absolute atomic E-state index is 0.244. The molecule has 8 nitrogen and oxygen atoms in total. The lowest BCUT2D eigenvalue weighted by Gasteiger charge is -2.22. The number of hydrogen-bond acceptors (Lipinski definition) is 6. The van der Waals surface area contributed by atoms with Crippen LogP contribution in [0.4, 0.5) is 0 Å². The molecule has 2 aliphatic rings. The second-order valence-corrected chi connectivity index (χ2v) is 5.45. The largest absolute Gasteiger partial charge is 0.336 e. The Hall–Kier alpha value is -3.03. The normalized spacial score (nSPS) is 19.5. The Morgan fingerprint density at radius 1 is 1.17 bits per heavy atom. The van der Waals surface area contributed by atoms with E-state index in [0.717, 1.165) is 0 Å². The highest BCUT2D eigenvalue weighted by Gasteiger charge is 2.40. The second-order valence-electron chi connectivity index (χ2n) is 5.45. The summed E-state index contributed by atoms with van der Waals surface area (Å²) in [5.41, 5.74) is 0.488. The molecule has 3 heterocycles. The van der Waals surface area contributed by atoms with Crippen molar-refractivity contribution in [2.45, 2.75) is 19.4 Å². The lowest BCUT2D eigenvalue weighted by molar-refractivity contribution is -0.174. The number of rotatable bonds is 2. The van der Waals surface area contributed by atoms with E-state index in [4.69, 9.17) is 4.84 Å². The van der Waals surface area contributed by atoms with Crippen LogP contribution in [-0.2, 0) is 22.6 Å². The van der Waals surface area contributed by atoms with Crippen LogP contribution in [0.5, 0.6) is 0 Å². The molecule has 116 valence electrons. The number of amides is 2. The monoisotopic (exact) mass is 312 g/mol. The van der Waals surface area contributed by atoms with E-state index >= 15 is 0 Å². The third-order valence-corrected chi connectivity index (χ3v) is 4.09. The van der Waals surface area contributed by atoms with Gasteiger partial charge >= 0.3 is 5.97 Å². The van der Waals surface area contributed by atoms with Crippen molar-refractivity contribution in [1.29, 1.82) is 0 Å². The Bertz CT molecular complexity index is 793. The Kier molecular flexibility index (Phi) is 2.97. The van der Waals surface area contributed by atoms with Gasteiger partial charge in [-0.25, -0.2) is 9.78 Å². The van der Waals surface area contributed by atoms with Gasteiger partial charge in [0, 0.05) is 13.0 Å². The van der Waals surface area contributed by atoms with E-state index in [-0.39, 0.29) is 11.1 Å². The van der Waals surface area contributed by atoms with Crippen LogP contribution in [0.2, 0.25) is 0 Å². The molecular weight excluding hydrogens is 300 g/mol. The molecule has 0 bridgehead atoms. The molecule has 4 rings (SSSR count). The summed E-state index contributed by atoms with van der Waals surface area (Å²) < 4.78 is 1.73. The number of carbonyl (C=O) groups is 3. The first-order valence-electron chi connectivity index (χ1n) is 7.21. The van der Waals surface area contributed by atoms with E-state index in [1.54, 1.807) is 16.8 Å². The fraction of sp³-hybridized carbons (Fsp3) is 0.267. The molecule has 2 amide bonds. The van der Waals surface area contributed by atoms with Crippen molar-refractivity contribution in [3.63, 3.8) is 0 Å². The average Bonchev–Trinajstić information content (AvgIpc) is 3.13. The zero-order valence-corrected chi connectivity index (χ0v) is 12.0. The smallest absolute Gasteiger partial charge is 0.329 e. The van der Waals surface area contributed by atoms with Gasteiger partial charge in [0.05, 0.1) is 17.0 Å². The van der Waals surface area contributed by atoms with Crippen LogP contribution < -0.4 is 0 Å². The van der Waals surface area contributed by atoms with Crippen molar-refractivity contribution in [3.8, 4) is 0 Å². The summed E-state index contributed by atoms with van der Waals surface area (Å²) in [5.74, 6) is -1.58. The molecular formula is C15H12N4O4. The zero-order chi connectivity index (χ0) is 16.0. The molecule has 0 N–H and O–H groups in total. The van der Waals surface area contributed by atoms with Crippen molar-refractivity contribution in [3.05, 3.63) is 47.5 Å². The number of hydroxylamine groups is 2. The lowest BCUT2D eigenvalue weighted by Crippen LogP contribution is -2.37. The third kappa shape index (κ3) is 2.10. The van der Waals surface area contributed by atoms with Gasteiger partial charge in [-0.15, -0.1) is 0 Å². The number of hydrogen-bond donors (Lipinski definition) is 0. The molecule has 1 unspecified atom stereocenters. The van der Waals surface area contributed by atoms with Crippen LogP contribution in [0.25, 0.3) is 0 Å². The first kappa shape index (κ1) is 13.6. The summed E-state index contributed by atoms with van der Waals surface area (Å²) >= 11 is 0. The van der Waals surface area contributed by atoms with E-state index in [0.29, 0.717) is 30.3 Å². The minimum atomic E-state index is -0.613. The molecule has 8 heteroatoms. The van der Waals surface area contributed by atoms with Crippen molar-refractivity contribution in [2.75, 3.05) is 0 Å². The maximum atomic E-state index is 12.3. The zero-order valence-electron chi connectivity index (χ0n) is 12.0. The quantitative estimate of drug-likeness (QED) is 0.754. The SMILES string of the molecule is O=C(ON1C(=O)c2ccccc2C1=O)C1CCn2ncnc2C1. The Labute approximate surface area is 130 Å². The summed E-state index contributed by atoms with van der Waals surface area (Å²) in [7, 11) is 0. The van der Waals surface area contributed by atoms with Crippen molar-refractivity contribution < 1.29 is 19.2 Å². The van der Waals surface area contributed by atoms with Crippen molar-refractivity contribution >= 4 is 17.8 Å². The Balaban J connectivity index is 1.50. The predicted octanol–water partition coefficient (Wildman–Crippen LogP) is 0.595. The number of imide groups is 1. The first-order valence-corrected chi connectivity index (χ1v) is 7.21. The van der Waals surface area contributed by atoms with E-state index in [1.807, 2.05) is 0 Å². The van der Waals surface area contributed by atoms with Crippen LogP contribution in [0.3, 0.4) is 0 Å². The van der Waals surface area contributed by atoms with Crippen LogP contribution >= 0.6 is 0 Å².